The van der Waals surface area contributed by atoms with Crippen LogP contribution in [0.3, 0.4) is 0 Å². The Kier molecular flexibility index (Phi) is 6.30. The van der Waals surface area contributed by atoms with Gasteiger partial charge >= 0.3 is 0 Å². The second-order valence-corrected chi connectivity index (χ2v) is 9.72. The fourth-order valence-corrected chi connectivity index (χ4v) is 6.03. The number of aromatic nitrogens is 1. The molecule has 1 aliphatic heterocycles. The highest BCUT2D eigenvalue weighted by atomic mass is 32.1. The van der Waals surface area contributed by atoms with Crippen molar-refractivity contribution in [2.75, 3.05) is 20.2 Å². The van der Waals surface area contributed by atoms with E-state index in [0.717, 1.165) is 23.3 Å². The number of carbonyl (C=O) groups is 2. The van der Waals surface area contributed by atoms with Crippen molar-refractivity contribution in [2.24, 2.45) is 0 Å². The maximum Gasteiger partial charge on any atom is 0.270 e. The molecule has 3 heterocycles. The summed E-state index contributed by atoms with van der Waals surface area (Å²) in [6.07, 6.45) is 6.48. The molecule has 3 aromatic rings. The van der Waals surface area contributed by atoms with Crippen molar-refractivity contribution in [3.8, 4) is 0 Å². The molecular formula is C27H27N3O3S. The van der Waals surface area contributed by atoms with Crippen LogP contribution in [0.2, 0.25) is 0 Å². The van der Waals surface area contributed by atoms with Gasteiger partial charge in [0, 0.05) is 42.8 Å². The molecule has 2 amide bonds. The van der Waals surface area contributed by atoms with Gasteiger partial charge in [-0.15, -0.1) is 11.3 Å². The third-order valence-electron chi connectivity index (χ3n) is 7.02. The molecule has 1 N–H and O–H groups in total. The molecule has 0 radical (unpaired) electrons. The molecule has 6 nitrogen and oxygen atoms in total. The van der Waals surface area contributed by atoms with Gasteiger partial charge in [0.05, 0.1) is 12.1 Å². The first-order valence-electron chi connectivity index (χ1n) is 11.5. The van der Waals surface area contributed by atoms with Crippen LogP contribution in [0, 0.1) is 0 Å². The number of carbonyl (C=O) groups excluding carboxylic acids is 2. The minimum absolute atomic E-state index is 0.0310. The highest BCUT2D eigenvalue weighted by molar-refractivity contribution is 7.10. The Balaban J connectivity index is 1.36. The van der Waals surface area contributed by atoms with E-state index in [1.54, 1.807) is 48.9 Å². The molecule has 0 saturated carbocycles. The van der Waals surface area contributed by atoms with Gasteiger partial charge in [0.2, 0.25) is 5.91 Å². The van der Waals surface area contributed by atoms with Gasteiger partial charge in [0.25, 0.3) is 5.91 Å². The Bertz CT molecular complexity index is 1180. The van der Waals surface area contributed by atoms with E-state index < -0.39 is 0 Å². The molecule has 1 aromatic carbocycles. The zero-order valence-electron chi connectivity index (χ0n) is 19.0. The molecule has 5 rings (SSSR count). The van der Waals surface area contributed by atoms with Gasteiger partial charge in [-0.1, -0.05) is 36.4 Å². The number of amides is 2. The number of hydrogen-bond donors (Lipinski definition) is 1. The summed E-state index contributed by atoms with van der Waals surface area (Å²) >= 11 is 1.61. The lowest BCUT2D eigenvalue weighted by atomic mass is 9.72. The van der Waals surface area contributed by atoms with Gasteiger partial charge in [0.1, 0.15) is 5.69 Å². The number of benzene rings is 1. The Morgan fingerprint density at radius 3 is 2.62 bits per heavy atom. The van der Waals surface area contributed by atoms with E-state index in [9.17, 15) is 9.59 Å². The Labute approximate surface area is 203 Å². The minimum Gasteiger partial charge on any atom is -0.378 e. The van der Waals surface area contributed by atoms with E-state index in [1.807, 2.05) is 40.6 Å². The lowest BCUT2D eigenvalue weighted by molar-refractivity contribution is -0.128. The smallest absolute Gasteiger partial charge is 0.270 e. The van der Waals surface area contributed by atoms with E-state index >= 15 is 0 Å². The van der Waals surface area contributed by atoms with Crippen LogP contribution in [-0.4, -0.2) is 48.0 Å². The molecule has 1 aliphatic carbocycles. The summed E-state index contributed by atoms with van der Waals surface area (Å²) in [4.78, 5) is 32.9. The first kappa shape index (κ1) is 22.5. The molecule has 0 unspecified atom stereocenters. The number of pyridine rings is 1. The standard InChI is InChI=1S/C27H27N3O3S/c1-33-25-24(29-26(32)22-10-4-5-15-28-22)20-8-2-3-9-21(20)27(25)13-16-30(17-14-27)23(31)12-11-19-7-6-18-34-19/h2-12,15,18,24-25H,13-14,16-17H2,1H3,(H,29,32)/t24-,25+/m1/s1. The van der Waals surface area contributed by atoms with Gasteiger partial charge in [-0.3, -0.25) is 14.6 Å². The number of methoxy groups -OCH3 is 1. The predicted octanol–water partition coefficient (Wildman–Crippen LogP) is 4.22. The van der Waals surface area contributed by atoms with E-state index in [0.29, 0.717) is 18.8 Å². The van der Waals surface area contributed by atoms with E-state index in [4.69, 9.17) is 4.74 Å². The highest BCUT2D eigenvalue weighted by Gasteiger charge is 2.54. The highest BCUT2D eigenvalue weighted by Crippen LogP contribution is 2.52. The second-order valence-electron chi connectivity index (χ2n) is 8.74. The quantitative estimate of drug-likeness (QED) is 0.564. The number of nitrogens with one attached hydrogen (secondary N) is 1. The van der Waals surface area contributed by atoms with Gasteiger partial charge in [0.15, 0.2) is 0 Å². The third-order valence-corrected chi connectivity index (χ3v) is 7.86. The summed E-state index contributed by atoms with van der Waals surface area (Å²) in [5.74, 6) is -0.186. The minimum atomic E-state index is -0.281. The van der Waals surface area contributed by atoms with Crippen LogP contribution in [0.15, 0.2) is 72.3 Å². The zero-order valence-corrected chi connectivity index (χ0v) is 19.8. The van der Waals surface area contributed by atoms with Crippen molar-refractivity contribution < 1.29 is 14.3 Å². The molecular weight excluding hydrogens is 446 g/mol. The summed E-state index contributed by atoms with van der Waals surface area (Å²) in [5, 5.41) is 5.18. The Morgan fingerprint density at radius 2 is 1.91 bits per heavy atom. The molecule has 34 heavy (non-hydrogen) atoms. The van der Waals surface area contributed by atoms with Crippen LogP contribution in [0.5, 0.6) is 0 Å². The van der Waals surface area contributed by atoms with Gasteiger partial charge in [-0.25, -0.2) is 0 Å². The molecule has 1 saturated heterocycles. The first-order valence-corrected chi connectivity index (χ1v) is 12.3. The third kappa shape index (κ3) is 4.06. The summed E-state index contributed by atoms with van der Waals surface area (Å²) in [6.45, 7) is 1.28. The molecule has 2 aromatic heterocycles. The molecule has 1 fully saturated rings. The number of fused-ring (bicyclic) bond motifs is 2. The summed E-state index contributed by atoms with van der Waals surface area (Å²) < 4.78 is 6.08. The van der Waals surface area contributed by atoms with Crippen LogP contribution in [0.25, 0.3) is 6.08 Å². The summed E-state index contributed by atoms with van der Waals surface area (Å²) in [5.41, 5.74) is 2.40. The number of thiophene rings is 1. The van der Waals surface area contributed by atoms with E-state index in [-0.39, 0.29) is 29.4 Å². The van der Waals surface area contributed by atoms with Crippen LogP contribution >= 0.6 is 11.3 Å². The first-order chi connectivity index (χ1) is 16.6. The van der Waals surface area contributed by atoms with Crippen molar-refractivity contribution in [3.63, 3.8) is 0 Å². The largest absolute Gasteiger partial charge is 0.378 e. The number of likely N-dealkylation sites (tertiary alicyclic amines) is 1. The average molecular weight is 474 g/mol. The van der Waals surface area contributed by atoms with Crippen LogP contribution in [0.4, 0.5) is 0 Å². The molecule has 2 aliphatic rings. The van der Waals surface area contributed by atoms with Crippen molar-refractivity contribution >= 4 is 29.2 Å². The monoisotopic (exact) mass is 473 g/mol. The van der Waals surface area contributed by atoms with Crippen molar-refractivity contribution in [1.82, 2.24) is 15.2 Å². The van der Waals surface area contributed by atoms with Crippen LogP contribution in [0.1, 0.15) is 45.4 Å². The van der Waals surface area contributed by atoms with Gasteiger partial charge in [-0.05, 0) is 53.6 Å². The molecule has 174 valence electrons. The lowest BCUT2D eigenvalue weighted by Gasteiger charge is -2.43. The van der Waals surface area contributed by atoms with E-state index in [2.05, 4.69) is 22.4 Å². The maximum absolute atomic E-state index is 13.0. The summed E-state index contributed by atoms with van der Waals surface area (Å²) in [7, 11) is 1.71. The maximum atomic E-state index is 13.0. The number of hydrogen-bond acceptors (Lipinski definition) is 5. The average Bonchev–Trinajstić information content (AvgIpc) is 3.49. The predicted molar refractivity (Wildman–Crippen MR) is 133 cm³/mol. The molecule has 2 atom stereocenters. The van der Waals surface area contributed by atoms with Gasteiger partial charge < -0.3 is 15.0 Å². The van der Waals surface area contributed by atoms with Crippen LogP contribution < -0.4 is 5.32 Å². The van der Waals surface area contributed by atoms with Crippen molar-refractivity contribution in [1.29, 1.82) is 0 Å². The second kappa shape index (κ2) is 9.52. The number of nitrogens with zero attached hydrogens (tertiary/aromatic N) is 2. The number of piperidine rings is 1. The van der Waals surface area contributed by atoms with E-state index in [1.165, 1.54) is 5.56 Å². The number of rotatable bonds is 5. The normalized spacial score (nSPS) is 21.0. The fourth-order valence-electron chi connectivity index (χ4n) is 5.41. The summed E-state index contributed by atoms with van der Waals surface area (Å²) in [6, 6.07) is 17.2. The zero-order chi connectivity index (χ0) is 23.5. The Hall–Kier alpha value is -3.29. The lowest BCUT2D eigenvalue weighted by Crippen LogP contribution is -2.51. The van der Waals surface area contributed by atoms with Crippen LogP contribution in [-0.2, 0) is 14.9 Å². The van der Waals surface area contributed by atoms with Gasteiger partial charge in [-0.2, -0.15) is 0 Å². The van der Waals surface area contributed by atoms with Crippen molar-refractivity contribution in [3.05, 3.63) is 93.9 Å². The van der Waals surface area contributed by atoms with Crippen molar-refractivity contribution in [2.45, 2.75) is 30.4 Å². The SMILES string of the molecule is CO[C@H]1[C@H](NC(=O)c2ccccn2)c2ccccc2C12CCN(C(=O)C=Cc1cccs1)CC2. The Morgan fingerprint density at radius 1 is 1.12 bits per heavy atom. The molecule has 0 bridgehead atoms. The fraction of sp³-hybridized carbons (Fsp3) is 0.296. The molecule has 1 spiro atoms. The molecule has 7 heteroatoms. The number of ether oxygens (including phenoxy) is 1. The topological polar surface area (TPSA) is 71.5 Å².